The van der Waals surface area contributed by atoms with Crippen molar-refractivity contribution in [3.8, 4) is 0 Å². The topological polar surface area (TPSA) is 84.5 Å². The minimum Gasteiger partial charge on any atom is -0.462 e. The smallest absolute Gasteiger partial charge is 0.341 e. The molecule has 234 valence electrons. The van der Waals surface area contributed by atoms with Gasteiger partial charge >= 0.3 is 5.97 Å². The van der Waals surface area contributed by atoms with Crippen LogP contribution < -0.4 is 10.6 Å². The third-order valence-corrected chi connectivity index (χ3v) is 11.3. The van der Waals surface area contributed by atoms with E-state index in [1.807, 2.05) is 54.6 Å². The lowest BCUT2D eigenvalue weighted by Gasteiger charge is -2.33. The second-order valence-corrected chi connectivity index (χ2v) is 15.3. The van der Waals surface area contributed by atoms with Gasteiger partial charge in [-0.2, -0.15) is 0 Å². The standard InChI is InChI=1S/C36H44N2O4S2/c1-5-42-35(41)30-28-20-19-25(36(2,3)4)21-29(28)44-34(30)38-33(40)31(23-13-8-6-9-14-23)43-27-18-12-17-26(22-27)37-32(39)24-15-10-7-11-16-24/h6,8-9,12-14,17-18,22,24-25,31H,5,7,10-11,15-16,19-21H2,1-4H3,(H,37,39)(H,38,40). The summed E-state index contributed by atoms with van der Waals surface area (Å²) in [7, 11) is 0. The highest BCUT2D eigenvalue weighted by Gasteiger charge is 2.35. The van der Waals surface area contributed by atoms with Crippen LogP contribution in [0.1, 0.15) is 97.8 Å². The molecule has 2 aromatic carbocycles. The van der Waals surface area contributed by atoms with Crippen molar-refractivity contribution in [3.63, 3.8) is 0 Å². The third-order valence-electron chi connectivity index (χ3n) is 8.88. The monoisotopic (exact) mass is 632 g/mol. The molecule has 1 saturated carbocycles. The third kappa shape index (κ3) is 7.75. The zero-order valence-electron chi connectivity index (χ0n) is 26.2. The van der Waals surface area contributed by atoms with Crippen LogP contribution in [0.15, 0.2) is 59.5 Å². The van der Waals surface area contributed by atoms with Crippen molar-refractivity contribution in [3.05, 3.63) is 76.2 Å². The molecular weight excluding hydrogens is 589 g/mol. The molecule has 2 aliphatic carbocycles. The molecule has 0 saturated heterocycles. The van der Waals surface area contributed by atoms with Crippen LogP contribution in [0.2, 0.25) is 0 Å². The number of carbonyl (C=O) groups is 3. The Morgan fingerprint density at radius 3 is 2.43 bits per heavy atom. The summed E-state index contributed by atoms with van der Waals surface area (Å²) < 4.78 is 5.47. The summed E-state index contributed by atoms with van der Waals surface area (Å²) in [6, 6.07) is 17.4. The summed E-state index contributed by atoms with van der Waals surface area (Å²) in [6.45, 7) is 8.88. The van der Waals surface area contributed by atoms with Crippen molar-refractivity contribution in [2.24, 2.45) is 17.3 Å². The van der Waals surface area contributed by atoms with Gasteiger partial charge in [-0.15, -0.1) is 23.1 Å². The molecule has 1 fully saturated rings. The molecule has 0 bridgehead atoms. The van der Waals surface area contributed by atoms with E-state index in [4.69, 9.17) is 4.74 Å². The number of thioether (sulfide) groups is 1. The molecule has 2 unspecified atom stereocenters. The van der Waals surface area contributed by atoms with Gasteiger partial charge in [-0.05, 0) is 79.7 Å². The van der Waals surface area contributed by atoms with Crippen LogP contribution >= 0.6 is 23.1 Å². The van der Waals surface area contributed by atoms with Gasteiger partial charge in [-0.25, -0.2) is 4.79 Å². The van der Waals surface area contributed by atoms with Gasteiger partial charge in [0.1, 0.15) is 10.3 Å². The maximum absolute atomic E-state index is 14.1. The van der Waals surface area contributed by atoms with E-state index in [-0.39, 0.29) is 35.7 Å². The van der Waals surface area contributed by atoms with Crippen molar-refractivity contribution in [2.45, 2.75) is 89.2 Å². The molecule has 5 rings (SSSR count). The van der Waals surface area contributed by atoms with Gasteiger partial charge in [0.05, 0.1) is 12.2 Å². The molecule has 2 N–H and O–H groups in total. The van der Waals surface area contributed by atoms with Crippen molar-refractivity contribution in [1.82, 2.24) is 0 Å². The Morgan fingerprint density at radius 2 is 1.73 bits per heavy atom. The lowest BCUT2D eigenvalue weighted by Crippen LogP contribution is -2.26. The lowest BCUT2D eigenvalue weighted by atomic mass is 9.72. The van der Waals surface area contributed by atoms with Gasteiger partial charge in [0, 0.05) is 21.4 Å². The number of fused-ring (bicyclic) bond motifs is 1. The van der Waals surface area contributed by atoms with Crippen LogP contribution in [-0.2, 0) is 27.2 Å². The maximum atomic E-state index is 14.1. The molecule has 1 heterocycles. The van der Waals surface area contributed by atoms with Gasteiger partial charge in [0.25, 0.3) is 0 Å². The van der Waals surface area contributed by atoms with Crippen LogP contribution in [0.3, 0.4) is 0 Å². The lowest BCUT2D eigenvalue weighted by molar-refractivity contribution is -0.120. The number of hydrogen-bond donors (Lipinski definition) is 2. The minimum absolute atomic E-state index is 0.0618. The Kier molecular flexibility index (Phi) is 10.5. The second kappa shape index (κ2) is 14.3. The Morgan fingerprint density at radius 1 is 0.977 bits per heavy atom. The van der Waals surface area contributed by atoms with E-state index in [2.05, 4.69) is 31.4 Å². The van der Waals surface area contributed by atoms with E-state index in [9.17, 15) is 14.4 Å². The zero-order valence-corrected chi connectivity index (χ0v) is 27.9. The number of amides is 2. The average Bonchev–Trinajstić information content (AvgIpc) is 3.37. The Labute approximate surface area is 269 Å². The zero-order chi connectivity index (χ0) is 31.3. The summed E-state index contributed by atoms with van der Waals surface area (Å²) in [6.07, 6.45) is 7.97. The summed E-state index contributed by atoms with van der Waals surface area (Å²) in [5, 5.41) is 6.26. The van der Waals surface area contributed by atoms with Crippen molar-refractivity contribution in [1.29, 1.82) is 0 Å². The molecule has 44 heavy (non-hydrogen) atoms. The summed E-state index contributed by atoms with van der Waals surface area (Å²) in [5.74, 6) is 0.0674. The van der Waals surface area contributed by atoms with Gasteiger partial charge < -0.3 is 15.4 Å². The second-order valence-electron chi connectivity index (χ2n) is 13.0. The Balaban J connectivity index is 1.40. The number of esters is 1. The van der Waals surface area contributed by atoms with Crippen molar-refractivity contribution in [2.75, 3.05) is 17.2 Å². The largest absolute Gasteiger partial charge is 0.462 e. The first-order valence-corrected chi connectivity index (χ1v) is 17.6. The van der Waals surface area contributed by atoms with E-state index < -0.39 is 5.25 Å². The predicted octanol–water partition coefficient (Wildman–Crippen LogP) is 9.07. The fraction of sp³-hybridized carbons (Fsp3) is 0.472. The van der Waals surface area contributed by atoms with Crippen molar-refractivity contribution < 1.29 is 19.1 Å². The summed E-state index contributed by atoms with van der Waals surface area (Å²) in [4.78, 5) is 42.3. The van der Waals surface area contributed by atoms with Crippen LogP contribution in [0.25, 0.3) is 0 Å². The van der Waals surface area contributed by atoms with E-state index in [0.717, 1.165) is 66.7 Å². The molecule has 0 spiro atoms. The quantitative estimate of drug-likeness (QED) is 0.182. The van der Waals surface area contributed by atoms with Gasteiger partial charge in [0.2, 0.25) is 11.8 Å². The van der Waals surface area contributed by atoms with Crippen LogP contribution in [0.5, 0.6) is 0 Å². The van der Waals surface area contributed by atoms with E-state index in [0.29, 0.717) is 16.5 Å². The molecule has 2 aliphatic rings. The summed E-state index contributed by atoms with van der Waals surface area (Å²) in [5.41, 5.74) is 3.29. The van der Waals surface area contributed by atoms with Crippen molar-refractivity contribution >= 4 is 51.6 Å². The number of carbonyl (C=O) groups excluding carboxylic acids is 3. The number of nitrogens with one attached hydrogen (secondary N) is 2. The number of hydrogen-bond acceptors (Lipinski definition) is 6. The van der Waals surface area contributed by atoms with Gasteiger partial charge in [-0.1, -0.05) is 76.4 Å². The molecule has 1 aromatic heterocycles. The molecule has 8 heteroatoms. The number of thiophene rings is 1. The highest BCUT2D eigenvalue weighted by atomic mass is 32.2. The molecule has 6 nitrogen and oxygen atoms in total. The molecular formula is C36H44N2O4S2. The predicted molar refractivity (Wildman–Crippen MR) is 181 cm³/mol. The van der Waals surface area contributed by atoms with E-state index in [1.54, 1.807) is 6.92 Å². The Bertz CT molecular complexity index is 1470. The first kappa shape index (κ1) is 32.3. The van der Waals surface area contributed by atoms with Gasteiger partial charge in [0.15, 0.2) is 0 Å². The number of rotatable bonds is 9. The van der Waals surface area contributed by atoms with Gasteiger partial charge in [-0.3, -0.25) is 9.59 Å². The fourth-order valence-electron chi connectivity index (χ4n) is 6.30. The minimum atomic E-state index is -0.572. The highest BCUT2D eigenvalue weighted by Crippen LogP contribution is 2.45. The van der Waals surface area contributed by atoms with Crippen LogP contribution in [-0.4, -0.2) is 24.4 Å². The molecule has 2 atom stereocenters. The number of benzene rings is 2. The normalized spacial score (nSPS) is 17.8. The Hall–Kier alpha value is -3.10. The number of ether oxygens (including phenoxy) is 1. The highest BCUT2D eigenvalue weighted by molar-refractivity contribution is 8.00. The SMILES string of the molecule is CCOC(=O)c1c(NC(=O)C(Sc2cccc(NC(=O)C3CCCCC3)c2)c2ccccc2)sc2c1CCC(C(C)(C)C)C2. The average molecular weight is 633 g/mol. The maximum Gasteiger partial charge on any atom is 0.341 e. The van der Waals surface area contributed by atoms with E-state index in [1.165, 1.54) is 34.4 Å². The molecule has 3 aromatic rings. The first-order chi connectivity index (χ1) is 21.1. The fourth-order valence-corrected chi connectivity index (χ4v) is 8.70. The van der Waals surface area contributed by atoms with Crippen LogP contribution in [0.4, 0.5) is 10.7 Å². The molecule has 0 radical (unpaired) electrons. The first-order valence-electron chi connectivity index (χ1n) is 15.9. The number of anilines is 2. The summed E-state index contributed by atoms with van der Waals surface area (Å²) >= 11 is 2.95. The van der Waals surface area contributed by atoms with Crippen LogP contribution in [0, 0.1) is 17.3 Å². The molecule has 0 aliphatic heterocycles. The van der Waals surface area contributed by atoms with E-state index >= 15 is 0 Å². The molecule has 2 amide bonds.